The van der Waals surface area contributed by atoms with Crippen molar-refractivity contribution in [3.05, 3.63) is 84.9 Å². The number of thiazole rings is 1. The molecule has 5 rings (SSSR count). The van der Waals surface area contributed by atoms with Gasteiger partial charge in [-0.2, -0.15) is 5.10 Å². The summed E-state index contributed by atoms with van der Waals surface area (Å²) in [7, 11) is 1.56. The van der Waals surface area contributed by atoms with Crippen molar-refractivity contribution in [3.63, 3.8) is 0 Å². The Balaban J connectivity index is 1.39. The van der Waals surface area contributed by atoms with Crippen LogP contribution in [0.1, 0.15) is 10.5 Å². The summed E-state index contributed by atoms with van der Waals surface area (Å²) in [5.74, 6) is 0.923. The van der Waals surface area contributed by atoms with Gasteiger partial charge >= 0.3 is 0 Å². The molecule has 3 aromatic heterocycles. The Morgan fingerprint density at radius 1 is 1.03 bits per heavy atom. The third-order valence-corrected chi connectivity index (χ3v) is 5.62. The number of benzene rings is 2. The monoisotopic (exact) mass is 442 g/mol. The van der Waals surface area contributed by atoms with E-state index in [2.05, 4.69) is 25.7 Å². The molecule has 8 nitrogen and oxygen atoms in total. The molecule has 0 aliphatic carbocycles. The van der Waals surface area contributed by atoms with Gasteiger partial charge in [0.15, 0.2) is 5.13 Å². The van der Waals surface area contributed by atoms with E-state index in [1.807, 2.05) is 59.4 Å². The van der Waals surface area contributed by atoms with E-state index in [0.717, 1.165) is 26.7 Å². The number of pyridine rings is 1. The number of carbonyl (C=O) groups excluding carboxylic acids is 1. The molecule has 3 heterocycles. The number of hydrogen-bond acceptors (Lipinski definition) is 7. The summed E-state index contributed by atoms with van der Waals surface area (Å²) in [6.07, 6.45) is 5.19. The van der Waals surface area contributed by atoms with Gasteiger partial charge in [-0.15, -0.1) is 0 Å². The van der Waals surface area contributed by atoms with Crippen molar-refractivity contribution in [2.24, 2.45) is 0 Å². The summed E-state index contributed by atoms with van der Waals surface area (Å²) < 4.78 is 8.73. The second-order valence-corrected chi connectivity index (χ2v) is 7.83. The fraction of sp³-hybridized carbons (Fsp3) is 0.0435. The number of aromatic nitrogens is 4. The summed E-state index contributed by atoms with van der Waals surface area (Å²) in [5, 5.41) is 11.0. The van der Waals surface area contributed by atoms with Crippen molar-refractivity contribution in [1.29, 1.82) is 0 Å². The molecule has 0 atom stereocenters. The van der Waals surface area contributed by atoms with E-state index in [1.165, 1.54) is 11.3 Å². The fourth-order valence-corrected chi connectivity index (χ4v) is 4.10. The zero-order chi connectivity index (χ0) is 21.9. The van der Waals surface area contributed by atoms with Gasteiger partial charge in [-0.05, 0) is 36.4 Å². The standard InChI is InChI=1S/C23H18N6O2S/c1-24-22(30)19-13-16(9-11-25-19)31-15-7-8-18-21(14-15)32-23(28-18)27-17-5-2-3-6-20(17)29-12-4-10-26-29/h2-14H,1H3,(H,24,30)(H,27,28). The van der Waals surface area contributed by atoms with Gasteiger partial charge < -0.3 is 15.4 Å². The Morgan fingerprint density at radius 2 is 1.91 bits per heavy atom. The molecule has 0 spiro atoms. The van der Waals surface area contributed by atoms with Gasteiger partial charge in [0.1, 0.15) is 17.2 Å². The van der Waals surface area contributed by atoms with Crippen LogP contribution in [0.5, 0.6) is 11.5 Å². The van der Waals surface area contributed by atoms with Crippen molar-refractivity contribution >= 4 is 38.3 Å². The lowest BCUT2D eigenvalue weighted by Crippen LogP contribution is -2.18. The second-order valence-electron chi connectivity index (χ2n) is 6.80. The molecule has 5 aromatic rings. The SMILES string of the molecule is CNC(=O)c1cc(Oc2ccc3nc(Nc4ccccc4-n4cccn4)sc3c2)ccn1. The number of amides is 1. The maximum atomic E-state index is 11.8. The quantitative estimate of drug-likeness (QED) is 0.393. The summed E-state index contributed by atoms with van der Waals surface area (Å²) in [6.45, 7) is 0. The first-order valence-corrected chi connectivity index (χ1v) is 10.6. The van der Waals surface area contributed by atoms with E-state index in [0.29, 0.717) is 17.2 Å². The molecule has 0 radical (unpaired) electrons. The smallest absolute Gasteiger partial charge is 0.269 e. The number of anilines is 2. The summed E-state index contributed by atoms with van der Waals surface area (Å²) in [6, 6.07) is 18.8. The van der Waals surface area contributed by atoms with Crippen LogP contribution < -0.4 is 15.4 Å². The average molecular weight is 443 g/mol. The number of nitrogens with one attached hydrogen (secondary N) is 2. The third kappa shape index (κ3) is 4.01. The third-order valence-electron chi connectivity index (χ3n) is 4.68. The molecule has 2 N–H and O–H groups in total. The van der Waals surface area contributed by atoms with Crippen molar-refractivity contribution in [3.8, 4) is 17.2 Å². The summed E-state index contributed by atoms with van der Waals surface area (Å²) in [5.41, 5.74) is 3.00. The van der Waals surface area contributed by atoms with Crippen molar-refractivity contribution in [1.82, 2.24) is 25.1 Å². The molecular weight excluding hydrogens is 424 g/mol. The van der Waals surface area contributed by atoms with Crippen LogP contribution in [0.15, 0.2) is 79.3 Å². The Kier molecular flexibility index (Phi) is 5.22. The van der Waals surface area contributed by atoms with E-state index < -0.39 is 0 Å². The van der Waals surface area contributed by atoms with Gasteiger partial charge in [0.25, 0.3) is 5.91 Å². The second kappa shape index (κ2) is 8.48. The van der Waals surface area contributed by atoms with Gasteiger partial charge in [0.05, 0.1) is 21.6 Å². The molecule has 0 saturated carbocycles. The summed E-state index contributed by atoms with van der Waals surface area (Å²) in [4.78, 5) is 20.5. The van der Waals surface area contributed by atoms with Gasteiger partial charge in [-0.25, -0.2) is 9.67 Å². The molecule has 2 aromatic carbocycles. The predicted octanol–water partition coefficient (Wildman–Crippen LogP) is 4.77. The molecular formula is C23H18N6O2S. The molecule has 0 unspecified atom stereocenters. The highest BCUT2D eigenvalue weighted by Crippen LogP contribution is 2.33. The fourth-order valence-electron chi connectivity index (χ4n) is 3.19. The van der Waals surface area contributed by atoms with E-state index in [4.69, 9.17) is 4.74 Å². The number of rotatable bonds is 6. The Morgan fingerprint density at radius 3 is 2.75 bits per heavy atom. The van der Waals surface area contributed by atoms with Gasteiger partial charge in [0, 0.05) is 37.8 Å². The van der Waals surface area contributed by atoms with Crippen LogP contribution >= 0.6 is 11.3 Å². The Hall–Kier alpha value is -4.24. The van der Waals surface area contributed by atoms with Gasteiger partial charge in [0.2, 0.25) is 0 Å². The lowest BCUT2D eigenvalue weighted by molar-refractivity contribution is 0.0958. The van der Waals surface area contributed by atoms with Crippen molar-refractivity contribution in [2.75, 3.05) is 12.4 Å². The topological polar surface area (TPSA) is 94.0 Å². The minimum absolute atomic E-state index is 0.264. The number of hydrogen-bond donors (Lipinski definition) is 2. The maximum absolute atomic E-state index is 11.8. The average Bonchev–Trinajstić information content (AvgIpc) is 3.49. The van der Waals surface area contributed by atoms with E-state index in [1.54, 1.807) is 31.6 Å². The van der Waals surface area contributed by atoms with Crippen molar-refractivity contribution < 1.29 is 9.53 Å². The largest absolute Gasteiger partial charge is 0.457 e. The predicted molar refractivity (Wildman–Crippen MR) is 124 cm³/mol. The highest BCUT2D eigenvalue weighted by Gasteiger charge is 2.11. The zero-order valence-corrected chi connectivity index (χ0v) is 17.8. The van der Waals surface area contributed by atoms with Crippen LogP contribution in [-0.2, 0) is 0 Å². The van der Waals surface area contributed by atoms with Crippen LogP contribution in [0.2, 0.25) is 0 Å². The molecule has 1 amide bonds. The van der Waals surface area contributed by atoms with Crippen LogP contribution in [0.4, 0.5) is 10.8 Å². The lowest BCUT2D eigenvalue weighted by Gasteiger charge is -2.09. The van der Waals surface area contributed by atoms with Crippen LogP contribution in [0.25, 0.3) is 15.9 Å². The van der Waals surface area contributed by atoms with E-state index >= 15 is 0 Å². The Labute approximate surface area is 187 Å². The van der Waals surface area contributed by atoms with Crippen LogP contribution in [0, 0.1) is 0 Å². The number of fused-ring (bicyclic) bond motifs is 1. The minimum Gasteiger partial charge on any atom is -0.457 e. The molecule has 9 heteroatoms. The maximum Gasteiger partial charge on any atom is 0.269 e. The highest BCUT2D eigenvalue weighted by atomic mass is 32.1. The molecule has 0 bridgehead atoms. The number of para-hydroxylation sites is 2. The first-order valence-electron chi connectivity index (χ1n) is 9.82. The first kappa shape index (κ1) is 19.7. The minimum atomic E-state index is -0.264. The number of carbonyl (C=O) groups is 1. The molecule has 0 saturated heterocycles. The molecule has 0 fully saturated rings. The summed E-state index contributed by atoms with van der Waals surface area (Å²) >= 11 is 1.53. The number of ether oxygens (including phenoxy) is 1. The van der Waals surface area contributed by atoms with Crippen molar-refractivity contribution in [2.45, 2.75) is 0 Å². The molecule has 32 heavy (non-hydrogen) atoms. The zero-order valence-electron chi connectivity index (χ0n) is 17.0. The van der Waals surface area contributed by atoms with Gasteiger partial charge in [-0.3, -0.25) is 9.78 Å². The first-order chi connectivity index (χ1) is 15.7. The number of nitrogens with zero attached hydrogens (tertiary/aromatic N) is 4. The van der Waals surface area contributed by atoms with Gasteiger partial charge in [-0.1, -0.05) is 23.5 Å². The van der Waals surface area contributed by atoms with Crippen LogP contribution in [0.3, 0.4) is 0 Å². The normalized spacial score (nSPS) is 10.8. The van der Waals surface area contributed by atoms with E-state index in [9.17, 15) is 4.79 Å². The molecule has 0 aliphatic heterocycles. The highest BCUT2D eigenvalue weighted by molar-refractivity contribution is 7.22. The Bertz CT molecular complexity index is 1400. The molecule has 158 valence electrons. The molecule has 0 aliphatic rings. The van der Waals surface area contributed by atoms with E-state index in [-0.39, 0.29) is 5.91 Å². The lowest BCUT2D eigenvalue weighted by atomic mass is 10.2. The van der Waals surface area contributed by atoms with Crippen LogP contribution in [-0.4, -0.2) is 32.7 Å².